The van der Waals surface area contributed by atoms with Gasteiger partial charge in [0.2, 0.25) is 11.8 Å². The van der Waals surface area contributed by atoms with E-state index >= 15 is 0 Å². The van der Waals surface area contributed by atoms with Crippen LogP contribution in [0, 0.1) is 37.5 Å². The average Bonchev–Trinajstić information content (AvgIpc) is 3.03. The predicted molar refractivity (Wildman–Crippen MR) is 144 cm³/mol. The van der Waals surface area contributed by atoms with Gasteiger partial charge in [-0.25, -0.2) is 0 Å². The molecule has 0 aliphatic heterocycles. The molecule has 1 aliphatic carbocycles. The number of benzene rings is 1. The van der Waals surface area contributed by atoms with Crippen LogP contribution in [0.1, 0.15) is 83.1 Å². The van der Waals surface area contributed by atoms with Crippen molar-refractivity contribution in [2.75, 3.05) is 20.3 Å². The van der Waals surface area contributed by atoms with E-state index in [2.05, 4.69) is 0 Å². The number of allylic oxidation sites excluding steroid dienone is 2. The zero-order chi connectivity index (χ0) is 28.3. The molecule has 0 spiro atoms. The van der Waals surface area contributed by atoms with Gasteiger partial charge in [0.15, 0.2) is 5.78 Å². The molecule has 0 saturated heterocycles. The normalized spacial score (nSPS) is 16.3. The fraction of sp³-hybridized carbons (Fsp3) is 0.600. The Balaban J connectivity index is 2.45. The highest BCUT2D eigenvalue weighted by Crippen LogP contribution is 2.41. The number of carbonyl (C=O) groups is 4. The maximum absolute atomic E-state index is 13.8. The highest BCUT2D eigenvalue weighted by Gasteiger charge is 2.41. The van der Waals surface area contributed by atoms with Crippen LogP contribution in [0.5, 0.6) is 0 Å². The van der Waals surface area contributed by atoms with E-state index in [-0.39, 0.29) is 31.1 Å². The van der Waals surface area contributed by atoms with Crippen molar-refractivity contribution in [3.63, 3.8) is 0 Å². The van der Waals surface area contributed by atoms with Crippen LogP contribution in [0.3, 0.4) is 0 Å². The number of methoxy groups -OCH3 is 1. The lowest BCUT2D eigenvalue weighted by molar-refractivity contribution is -0.151. The summed E-state index contributed by atoms with van der Waals surface area (Å²) in [4.78, 5) is 54.4. The zero-order valence-electron chi connectivity index (χ0n) is 24.2. The molecule has 37 heavy (non-hydrogen) atoms. The topological polar surface area (TPSA) is 90.0 Å². The van der Waals surface area contributed by atoms with E-state index in [9.17, 15) is 19.2 Å². The standard InChI is InChI=1S/C30H43NO6/c1-18-14-19(2)24(20(3)15-18)25-22(37-28(35)30(7,8)9)16-21(26(25)33)17-23(32)31(12-11-13-36-10)27(34)29(4,5)6/h14-15,21H,11-13,16-17H2,1-10H3. The smallest absolute Gasteiger partial charge is 0.316 e. The Morgan fingerprint density at radius 1 is 0.973 bits per heavy atom. The third-order valence-corrected chi connectivity index (χ3v) is 6.42. The quantitative estimate of drug-likeness (QED) is 0.345. The molecule has 0 aromatic heterocycles. The lowest BCUT2D eigenvalue weighted by Crippen LogP contribution is -2.45. The molecule has 1 aliphatic rings. The Kier molecular flexibility index (Phi) is 9.64. The van der Waals surface area contributed by atoms with Crippen molar-refractivity contribution < 1.29 is 28.7 Å². The van der Waals surface area contributed by atoms with E-state index in [1.165, 1.54) is 4.90 Å². The number of hydrogen-bond donors (Lipinski definition) is 0. The van der Waals surface area contributed by atoms with E-state index in [1.54, 1.807) is 48.7 Å². The van der Waals surface area contributed by atoms with Gasteiger partial charge in [-0.1, -0.05) is 38.5 Å². The molecule has 0 bridgehead atoms. The van der Waals surface area contributed by atoms with Gasteiger partial charge >= 0.3 is 5.97 Å². The number of ketones is 1. The second-order valence-corrected chi connectivity index (χ2v) is 12.1. The number of amides is 2. The summed E-state index contributed by atoms with van der Waals surface area (Å²) >= 11 is 0. The first-order chi connectivity index (χ1) is 17.0. The summed E-state index contributed by atoms with van der Waals surface area (Å²) in [5.74, 6) is -1.80. The molecule has 1 aromatic carbocycles. The number of Topliss-reactive ketones (excluding diaryl/α,β-unsaturated/α-hetero) is 1. The highest BCUT2D eigenvalue weighted by atomic mass is 16.5. The molecule has 7 nitrogen and oxygen atoms in total. The van der Waals surface area contributed by atoms with Gasteiger partial charge in [0, 0.05) is 44.4 Å². The summed E-state index contributed by atoms with van der Waals surface area (Å²) in [6.45, 7) is 17.0. The number of aryl methyl sites for hydroxylation is 3. The summed E-state index contributed by atoms with van der Waals surface area (Å²) in [6, 6.07) is 3.98. The number of esters is 1. The molecular weight excluding hydrogens is 470 g/mol. The fourth-order valence-electron chi connectivity index (χ4n) is 4.55. The number of nitrogens with zero attached hydrogens (tertiary/aromatic N) is 1. The van der Waals surface area contributed by atoms with Crippen molar-refractivity contribution in [3.8, 4) is 0 Å². The number of ether oxygens (including phenoxy) is 2. The third kappa shape index (κ3) is 7.37. The van der Waals surface area contributed by atoms with Crippen LogP contribution in [-0.4, -0.2) is 48.7 Å². The summed E-state index contributed by atoms with van der Waals surface area (Å²) in [6.07, 6.45) is 0.490. The Labute approximate surface area is 221 Å². The SMILES string of the molecule is COCCCN(C(=O)CC1CC(OC(=O)C(C)(C)C)=C(c2c(C)cc(C)cc2C)C1=O)C(=O)C(C)(C)C. The van der Waals surface area contributed by atoms with Gasteiger partial charge in [0.25, 0.3) is 0 Å². The molecule has 7 heteroatoms. The van der Waals surface area contributed by atoms with Crippen LogP contribution < -0.4 is 0 Å². The summed E-state index contributed by atoms with van der Waals surface area (Å²) in [5, 5.41) is 0. The summed E-state index contributed by atoms with van der Waals surface area (Å²) < 4.78 is 10.9. The molecule has 1 unspecified atom stereocenters. The van der Waals surface area contributed by atoms with E-state index in [4.69, 9.17) is 9.47 Å². The van der Waals surface area contributed by atoms with Gasteiger partial charge in [-0.15, -0.1) is 0 Å². The lowest BCUT2D eigenvalue weighted by Gasteiger charge is -2.28. The molecule has 0 fully saturated rings. The first-order valence-corrected chi connectivity index (χ1v) is 12.9. The summed E-state index contributed by atoms with van der Waals surface area (Å²) in [7, 11) is 1.57. The van der Waals surface area contributed by atoms with Crippen LogP contribution in [0.15, 0.2) is 17.9 Å². The molecule has 2 rings (SSSR count). The molecule has 2 amide bonds. The van der Waals surface area contributed by atoms with Crippen molar-refractivity contribution in [2.45, 2.75) is 81.6 Å². The predicted octanol–water partition coefficient (Wildman–Crippen LogP) is 5.33. The van der Waals surface area contributed by atoms with Gasteiger partial charge in [-0.3, -0.25) is 24.1 Å². The molecule has 204 valence electrons. The summed E-state index contributed by atoms with van der Waals surface area (Å²) in [5.41, 5.74) is 2.46. The van der Waals surface area contributed by atoms with Crippen LogP contribution in [0.4, 0.5) is 0 Å². The Hall–Kier alpha value is -2.80. The molecule has 1 atom stereocenters. The molecule has 1 aromatic rings. The van der Waals surface area contributed by atoms with E-state index in [0.717, 1.165) is 22.3 Å². The van der Waals surface area contributed by atoms with Gasteiger partial charge in [-0.05, 0) is 64.7 Å². The third-order valence-electron chi connectivity index (χ3n) is 6.42. The van der Waals surface area contributed by atoms with Crippen molar-refractivity contribution in [1.82, 2.24) is 4.90 Å². The Bertz CT molecular complexity index is 1080. The fourth-order valence-corrected chi connectivity index (χ4v) is 4.55. The number of imide groups is 1. The second kappa shape index (κ2) is 11.7. The lowest BCUT2D eigenvalue weighted by atomic mass is 9.89. The van der Waals surface area contributed by atoms with Crippen LogP contribution in [0.25, 0.3) is 5.57 Å². The first-order valence-electron chi connectivity index (χ1n) is 12.9. The minimum Gasteiger partial charge on any atom is -0.430 e. The molecular formula is C30H43NO6. The molecule has 0 N–H and O–H groups in total. The Morgan fingerprint density at radius 3 is 2.03 bits per heavy atom. The van der Waals surface area contributed by atoms with Crippen molar-refractivity contribution >= 4 is 29.1 Å². The monoisotopic (exact) mass is 513 g/mol. The first kappa shape index (κ1) is 30.4. The van der Waals surface area contributed by atoms with Crippen molar-refractivity contribution in [2.24, 2.45) is 16.7 Å². The van der Waals surface area contributed by atoms with E-state index < -0.39 is 28.6 Å². The number of rotatable bonds is 8. The maximum Gasteiger partial charge on any atom is 0.316 e. The van der Waals surface area contributed by atoms with Crippen molar-refractivity contribution in [1.29, 1.82) is 0 Å². The number of carbonyl (C=O) groups excluding carboxylic acids is 4. The zero-order valence-corrected chi connectivity index (χ0v) is 24.2. The van der Waals surface area contributed by atoms with Crippen molar-refractivity contribution in [3.05, 3.63) is 40.1 Å². The molecule has 0 radical (unpaired) electrons. The van der Waals surface area contributed by atoms with Crippen LogP contribution in [-0.2, 0) is 28.7 Å². The van der Waals surface area contributed by atoms with Gasteiger partial charge < -0.3 is 9.47 Å². The second-order valence-electron chi connectivity index (χ2n) is 12.1. The van der Waals surface area contributed by atoms with E-state index in [1.807, 2.05) is 32.9 Å². The maximum atomic E-state index is 13.8. The van der Waals surface area contributed by atoms with Crippen LogP contribution in [0.2, 0.25) is 0 Å². The van der Waals surface area contributed by atoms with E-state index in [0.29, 0.717) is 24.4 Å². The minimum absolute atomic E-state index is 0.129. The van der Waals surface area contributed by atoms with Gasteiger partial charge in [-0.2, -0.15) is 0 Å². The van der Waals surface area contributed by atoms with Crippen LogP contribution >= 0.6 is 0 Å². The van der Waals surface area contributed by atoms with Gasteiger partial charge in [0.05, 0.1) is 11.0 Å². The molecule has 0 heterocycles. The largest absolute Gasteiger partial charge is 0.430 e. The molecule has 0 saturated carbocycles. The number of hydrogen-bond acceptors (Lipinski definition) is 6. The highest BCUT2D eigenvalue weighted by molar-refractivity contribution is 6.26. The minimum atomic E-state index is -0.760. The Morgan fingerprint density at radius 2 is 1.54 bits per heavy atom. The average molecular weight is 514 g/mol. The van der Waals surface area contributed by atoms with Gasteiger partial charge in [0.1, 0.15) is 5.76 Å².